The Kier molecular flexibility index (Phi) is 3.58. The first-order valence-corrected chi connectivity index (χ1v) is 7.56. The van der Waals surface area contributed by atoms with Crippen molar-refractivity contribution in [3.8, 4) is 11.7 Å². The van der Waals surface area contributed by atoms with Crippen molar-refractivity contribution in [1.29, 1.82) is 0 Å². The van der Waals surface area contributed by atoms with Crippen LogP contribution in [0, 0.1) is 0 Å². The van der Waals surface area contributed by atoms with Gasteiger partial charge in [0.2, 0.25) is 0 Å². The molecule has 0 spiro atoms. The maximum atomic E-state index is 12.5. The number of nitrogens with zero attached hydrogens (tertiary/aromatic N) is 6. The molecule has 1 saturated heterocycles. The van der Waals surface area contributed by atoms with Crippen LogP contribution in [-0.2, 0) is 0 Å². The number of imidazole rings is 1. The van der Waals surface area contributed by atoms with Crippen LogP contribution >= 0.6 is 0 Å². The summed E-state index contributed by atoms with van der Waals surface area (Å²) in [5.41, 5.74) is 1.31. The van der Waals surface area contributed by atoms with Crippen LogP contribution in [-0.4, -0.2) is 62.8 Å². The number of rotatable bonds is 3. The van der Waals surface area contributed by atoms with E-state index in [9.17, 15) is 4.79 Å². The second-order valence-corrected chi connectivity index (χ2v) is 5.33. The molecule has 3 aromatic heterocycles. The Labute approximate surface area is 136 Å². The molecule has 0 aliphatic carbocycles. The molecule has 1 fully saturated rings. The fourth-order valence-electron chi connectivity index (χ4n) is 2.79. The first-order valence-electron chi connectivity index (χ1n) is 7.56. The number of H-pyrrole nitrogens is 1. The van der Waals surface area contributed by atoms with Crippen LogP contribution in [0.15, 0.2) is 23.5 Å². The Morgan fingerprint density at radius 1 is 1.12 bits per heavy atom. The highest BCUT2D eigenvalue weighted by atomic mass is 16.5. The van der Waals surface area contributed by atoms with Crippen molar-refractivity contribution in [2.24, 2.45) is 0 Å². The van der Waals surface area contributed by atoms with Gasteiger partial charge in [-0.15, -0.1) is 0 Å². The number of anilines is 1. The van der Waals surface area contributed by atoms with E-state index in [1.54, 1.807) is 0 Å². The molecule has 0 saturated carbocycles. The van der Waals surface area contributed by atoms with Crippen LogP contribution < -0.4 is 20.6 Å². The minimum absolute atomic E-state index is 0.239. The topological polar surface area (TPSA) is 114 Å². The highest BCUT2D eigenvalue weighted by Crippen LogP contribution is 2.22. The molecule has 0 bridgehead atoms. The Balaban J connectivity index is 1.84. The number of hydrogen-bond acceptors (Lipinski definition) is 8. The molecule has 0 radical (unpaired) electrons. The van der Waals surface area contributed by atoms with Gasteiger partial charge in [-0.3, -0.25) is 0 Å². The zero-order valence-corrected chi connectivity index (χ0v) is 13.1. The fraction of sp³-hybridized carbons (Fsp3) is 0.357. The van der Waals surface area contributed by atoms with E-state index in [1.807, 2.05) is 0 Å². The normalized spacial score (nSPS) is 15.0. The number of fused-ring (bicyclic) bond motifs is 1. The number of ether oxygens (including phenoxy) is 1. The predicted molar refractivity (Wildman–Crippen MR) is 86.7 cm³/mol. The van der Waals surface area contributed by atoms with Gasteiger partial charge >= 0.3 is 11.7 Å². The van der Waals surface area contributed by atoms with Gasteiger partial charge in [-0.1, -0.05) is 0 Å². The van der Waals surface area contributed by atoms with Gasteiger partial charge in [0.15, 0.2) is 11.5 Å². The summed E-state index contributed by atoms with van der Waals surface area (Å²) < 4.78 is 6.38. The molecule has 1 aliphatic heterocycles. The van der Waals surface area contributed by atoms with Gasteiger partial charge in [-0.25, -0.2) is 29.3 Å². The highest BCUT2D eigenvalue weighted by Gasteiger charge is 2.20. The van der Waals surface area contributed by atoms with E-state index >= 15 is 0 Å². The lowest BCUT2D eigenvalue weighted by Crippen LogP contribution is -2.44. The summed E-state index contributed by atoms with van der Waals surface area (Å²) in [5.74, 6) is 0.729. The van der Waals surface area contributed by atoms with Crippen molar-refractivity contribution in [2.75, 3.05) is 38.2 Å². The average Bonchev–Trinajstić information content (AvgIpc) is 2.98. The van der Waals surface area contributed by atoms with Crippen molar-refractivity contribution in [3.63, 3.8) is 0 Å². The molecule has 4 rings (SSSR count). The molecule has 124 valence electrons. The highest BCUT2D eigenvalue weighted by molar-refractivity contribution is 5.84. The lowest BCUT2D eigenvalue weighted by Gasteiger charge is -2.28. The second kappa shape index (κ2) is 5.89. The van der Waals surface area contributed by atoms with E-state index < -0.39 is 0 Å². The van der Waals surface area contributed by atoms with E-state index in [2.05, 4.69) is 35.1 Å². The van der Waals surface area contributed by atoms with E-state index in [-0.39, 0.29) is 11.7 Å². The number of methoxy groups -OCH3 is 1. The summed E-state index contributed by atoms with van der Waals surface area (Å²) in [6.07, 6.45) is 4.51. The van der Waals surface area contributed by atoms with E-state index in [0.717, 1.165) is 32.0 Å². The molecule has 2 N–H and O–H groups in total. The van der Waals surface area contributed by atoms with Crippen LogP contribution in [0.2, 0.25) is 0 Å². The van der Waals surface area contributed by atoms with Gasteiger partial charge < -0.3 is 19.9 Å². The van der Waals surface area contributed by atoms with Gasteiger partial charge in [-0.05, 0) is 0 Å². The Morgan fingerprint density at radius 2 is 1.88 bits per heavy atom. The van der Waals surface area contributed by atoms with Crippen molar-refractivity contribution in [2.45, 2.75) is 0 Å². The molecule has 24 heavy (non-hydrogen) atoms. The Morgan fingerprint density at radius 3 is 2.58 bits per heavy atom. The third-order valence-corrected chi connectivity index (χ3v) is 3.93. The first-order chi connectivity index (χ1) is 11.8. The minimum atomic E-state index is -0.310. The van der Waals surface area contributed by atoms with Gasteiger partial charge in [0.05, 0.1) is 25.2 Å². The van der Waals surface area contributed by atoms with E-state index in [4.69, 9.17) is 4.74 Å². The average molecular weight is 328 g/mol. The van der Waals surface area contributed by atoms with Crippen LogP contribution in [0.25, 0.3) is 16.9 Å². The van der Waals surface area contributed by atoms with Crippen LogP contribution in [0.4, 0.5) is 5.82 Å². The molecular weight excluding hydrogens is 312 g/mol. The smallest absolute Gasteiger partial charge is 0.332 e. The molecular formula is C14H16N8O2. The lowest BCUT2D eigenvalue weighted by molar-refractivity contribution is 0.379. The summed E-state index contributed by atoms with van der Waals surface area (Å²) in [7, 11) is 1.49. The zero-order chi connectivity index (χ0) is 16.5. The van der Waals surface area contributed by atoms with Crippen molar-refractivity contribution < 1.29 is 4.74 Å². The maximum Gasteiger partial charge on any atom is 0.332 e. The summed E-state index contributed by atoms with van der Waals surface area (Å²) >= 11 is 0. The lowest BCUT2D eigenvalue weighted by atomic mass is 10.3. The molecule has 0 unspecified atom stereocenters. The number of nitrogens with one attached hydrogen (secondary N) is 2. The standard InChI is InChI=1S/C14H16N8O2/c1-24-13-16-6-9(7-17-13)22-12-10(20-14(22)23)11(18-8-19-12)21-4-2-15-3-5-21/h6-8,15H,2-5H2,1H3,(H,20,23). The largest absolute Gasteiger partial charge is 0.467 e. The molecule has 1 aliphatic rings. The van der Waals surface area contributed by atoms with Crippen LogP contribution in [0.3, 0.4) is 0 Å². The van der Waals surface area contributed by atoms with Gasteiger partial charge in [0, 0.05) is 26.2 Å². The molecule has 10 heteroatoms. The number of aromatic nitrogens is 6. The van der Waals surface area contributed by atoms with Crippen molar-refractivity contribution >= 4 is 17.0 Å². The molecule has 4 heterocycles. The number of aromatic amines is 1. The summed E-state index contributed by atoms with van der Waals surface area (Å²) in [6, 6.07) is 0.239. The summed E-state index contributed by atoms with van der Waals surface area (Å²) in [6.45, 7) is 3.40. The van der Waals surface area contributed by atoms with Crippen molar-refractivity contribution in [3.05, 3.63) is 29.2 Å². The summed E-state index contributed by atoms with van der Waals surface area (Å²) in [4.78, 5) is 34.1. The van der Waals surface area contributed by atoms with Gasteiger partial charge in [0.25, 0.3) is 0 Å². The van der Waals surface area contributed by atoms with E-state index in [0.29, 0.717) is 16.9 Å². The first kappa shape index (κ1) is 14.6. The van der Waals surface area contributed by atoms with Gasteiger partial charge in [0.1, 0.15) is 11.8 Å². The summed E-state index contributed by atoms with van der Waals surface area (Å²) in [5, 5.41) is 3.30. The molecule has 0 amide bonds. The molecule has 10 nitrogen and oxygen atoms in total. The number of hydrogen-bond donors (Lipinski definition) is 2. The fourth-order valence-corrected chi connectivity index (χ4v) is 2.79. The quantitative estimate of drug-likeness (QED) is 0.650. The molecule has 3 aromatic rings. The Bertz CT molecular complexity index is 911. The SMILES string of the molecule is COc1ncc(-n2c(=O)[nH]c3c(N4CCNCC4)ncnc32)cn1. The van der Waals surface area contributed by atoms with Gasteiger partial charge in [-0.2, -0.15) is 0 Å². The maximum absolute atomic E-state index is 12.5. The zero-order valence-electron chi connectivity index (χ0n) is 13.1. The monoisotopic (exact) mass is 328 g/mol. The Hall–Kier alpha value is -3.01. The predicted octanol–water partition coefficient (Wildman–Crippen LogP) is -0.683. The third-order valence-electron chi connectivity index (χ3n) is 3.93. The second-order valence-electron chi connectivity index (χ2n) is 5.33. The van der Waals surface area contributed by atoms with Crippen LogP contribution in [0.5, 0.6) is 6.01 Å². The molecule has 0 atom stereocenters. The van der Waals surface area contributed by atoms with Crippen molar-refractivity contribution in [1.82, 2.24) is 34.8 Å². The number of piperazine rings is 1. The van der Waals surface area contributed by atoms with E-state index in [1.165, 1.54) is 30.4 Å². The molecule has 0 aromatic carbocycles. The minimum Gasteiger partial charge on any atom is -0.467 e. The van der Waals surface area contributed by atoms with Crippen LogP contribution in [0.1, 0.15) is 0 Å². The third kappa shape index (κ3) is 2.36.